The molecule has 0 amide bonds. The van der Waals surface area contributed by atoms with E-state index in [2.05, 4.69) is 10.2 Å². The van der Waals surface area contributed by atoms with E-state index < -0.39 is 0 Å². The average molecular weight is 283 g/mol. The van der Waals surface area contributed by atoms with E-state index in [1.807, 2.05) is 42.8 Å². The third kappa shape index (κ3) is 3.04. The summed E-state index contributed by atoms with van der Waals surface area (Å²) in [6.45, 7) is 1.99. The highest BCUT2D eigenvalue weighted by molar-refractivity contribution is 7.99. The number of hydrogen-bond acceptors (Lipinski definition) is 4. The zero-order chi connectivity index (χ0) is 13.1. The van der Waals surface area contributed by atoms with Crippen molar-refractivity contribution in [3.8, 4) is 0 Å². The highest BCUT2D eigenvalue weighted by atomic mass is 35.5. The SMILES string of the molecule is CC(N)C(Sc1nncn1C)c1ccc(Cl)cc1. The molecule has 0 radical (unpaired) electrons. The second-order valence-corrected chi connectivity index (χ2v) is 5.72. The van der Waals surface area contributed by atoms with Crippen LogP contribution in [0, 0.1) is 0 Å². The van der Waals surface area contributed by atoms with Gasteiger partial charge in [-0.2, -0.15) is 0 Å². The molecule has 96 valence electrons. The maximum Gasteiger partial charge on any atom is 0.191 e. The number of hydrogen-bond donors (Lipinski definition) is 1. The minimum atomic E-state index is 0.00729. The van der Waals surface area contributed by atoms with Crippen LogP contribution in [0.2, 0.25) is 5.02 Å². The van der Waals surface area contributed by atoms with Gasteiger partial charge in [-0.25, -0.2) is 0 Å². The van der Waals surface area contributed by atoms with E-state index in [-0.39, 0.29) is 11.3 Å². The molecular weight excluding hydrogens is 268 g/mol. The highest BCUT2D eigenvalue weighted by Gasteiger charge is 2.20. The van der Waals surface area contributed by atoms with Crippen molar-refractivity contribution in [2.75, 3.05) is 0 Å². The standard InChI is InChI=1S/C12H15ClN4S/c1-8(14)11(9-3-5-10(13)6-4-9)18-12-16-15-7-17(12)2/h3-8,11H,14H2,1-2H3. The molecule has 2 unspecified atom stereocenters. The Balaban J connectivity index is 2.24. The molecule has 2 aromatic rings. The van der Waals surface area contributed by atoms with Crippen molar-refractivity contribution in [1.82, 2.24) is 14.8 Å². The maximum atomic E-state index is 6.06. The Bertz CT molecular complexity index is 509. The average Bonchev–Trinajstić information content (AvgIpc) is 2.73. The van der Waals surface area contributed by atoms with E-state index in [4.69, 9.17) is 17.3 Å². The van der Waals surface area contributed by atoms with Crippen molar-refractivity contribution in [3.05, 3.63) is 41.2 Å². The van der Waals surface area contributed by atoms with Crippen LogP contribution in [-0.4, -0.2) is 20.8 Å². The summed E-state index contributed by atoms with van der Waals surface area (Å²) < 4.78 is 1.88. The largest absolute Gasteiger partial charge is 0.327 e. The van der Waals surface area contributed by atoms with Crippen LogP contribution in [0.15, 0.2) is 35.7 Å². The number of benzene rings is 1. The van der Waals surface area contributed by atoms with Crippen LogP contribution in [0.1, 0.15) is 17.7 Å². The van der Waals surface area contributed by atoms with Crippen LogP contribution >= 0.6 is 23.4 Å². The Hall–Kier alpha value is -1.04. The molecule has 2 rings (SSSR count). The number of nitrogens with two attached hydrogens (primary N) is 1. The lowest BCUT2D eigenvalue weighted by atomic mass is 10.1. The van der Waals surface area contributed by atoms with Gasteiger partial charge in [-0.15, -0.1) is 10.2 Å². The number of thioether (sulfide) groups is 1. The summed E-state index contributed by atoms with van der Waals surface area (Å²) in [7, 11) is 1.92. The summed E-state index contributed by atoms with van der Waals surface area (Å²) >= 11 is 7.51. The Morgan fingerprint density at radius 3 is 2.50 bits per heavy atom. The van der Waals surface area contributed by atoms with Gasteiger partial charge >= 0.3 is 0 Å². The van der Waals surface area contributed by atoms with E-state index in [1.165, 1.54) is 0 Å². The fourth-order valence-corrected chi connectivity index (χ4v) is 2.79. The van der Waals surface area contributed by atoms with Crippen molar-refractivity contribution < 1.29 is 0 Å². The summed E-state index contributed by atoms with van der Waals surface area (Å²) in [6, 6.07) is 7.76. The van der Waals surface area contributed by atoms with Crippen LogP contribution in [-0.2, 0) is 7.05 Å². The van der Waals surface area contributed by atoms with E-state index in [0.29, 0.717) is 0 Å². The van der Waals surface area contributed by atoms with Crippen LogP contribution in [0.4, 0.5) is 0 Å². The van der Waals surface area contributed by atoms with Gasteiger partial charge in [0.2, 0.25) is 0 Å². The summed E-state index contributed by atoms with van der Waals surface area (Å²) in [5.74, 6) is 0. The van der Waals surface area contributed by atoms with Crippen molar-refractivity contribution in [2.45, 2.75) is 23.4 Å². The lowest BCUT2D eigenvalue weighted by Gasteiger charge is -2.20. The van der Waals surface area contributed by atoms with Gasteiger partial charge in [-0.1, -0.05) is 35.5 Å². The van der Waals surface area contributed by atoms with Gasteiger partial charge in [0.25, 0.3) is 0 Å². The summed E-state index contributed by atoms with van der Waals surface area (Å²) in [5.41, 5.74) is 7.20. The minimum Gasteiger partial charge on any atom is -0.327 e. The zero-order valence-corrected chi connectivity index (χ0v) is 11.8. The number of rotatable bonds is 4. The minimum absolute atomic E-state index is 0.00729. The molecule has 18 heavy (non-hydrogen) atoms. The molecule has 0 fully saturated rings. The van der Waals surface area contributed by atoms with Crippen LogP contribution < -0.4 is 5.73 Å². The molecule has 0 bridgehead atoms. The molecule has 4 nitrogen and oxygen atoms in total. The van der Waals surface area contributed by atoms with Gasteiger partial charge in [0.05, 0.1) is 5.25 Å². The molecule has 1 aromatic heterocycles. The van der Waals surface area contributed by atoms with Crippen molar-refractivity contribution in [1.29, 1.82) is 0 Å². The molecular formula is C12H15ClN4S. The Morgan fingerprint density at radius 2 is 2.00 bits per heavy atom. The molecule has 0 spiro atoms. The molecule has 0 aliphatic heterocycles. The summed E-state index contributed by atoms with van der Waals surface area (Å²) in [4.78, 5) is 0. The van der Waals surface area contributed by atoms with Crippen molar-refractivity contribution >= 4 is 23.4 Å². The third-order valence-electron chi connectivity index (χ3n) is 2.58. The second-order valence-electron chi connectivity index (χ2n) is 4.17. The number of aromatic nitrogens is 3. The van der Waals surface area contributed by atoms with Gasteiger partial charge in [0, 0.05) is 18.1 Å². The lowest BCUT2D eigenvalue weighted by Crippen LogP contribution is -2.22. The van der Waals surface area contributed by atoms with Gasteiger partial charge in [-0.3, -0.25) is 0 Å². The van der Waals surface area contributed by atoms with E-state index in [0.717, 1.165) is 15.7 Å². The van der Waals surface area contributed by atoms with Crippen molar-refractivity contribution in [3.63, 3.8) is 0 Å². The molecule has 0 saturated heterocycles. The van der Waals surface area contributed by atoms with Crippen LogP contribution in [0.3, 0.4) is 0 Å². The van der Waals surface area contributed by atoms with E-state index in [9.17, 15) is 0 Å². The quantitative estimate of drug-likeness (QED) is 0.876. The molecule has 0 aliphatic rings. The maximum absolute atomic E-state index is 6.06. The Morgan fingerprint density at radius 1 is 1.33 bits per heavy atom. The number of nitrogens with zero attached hydrogens (tertiary/aromatic N) is 3. The van der Waals surface area contributed by atoms with E-state index in [1.54, 1.807) is 18.1 Å². The molecule has 2 atom stereocenters. The first-order valence-electron chi connectivity index (χ1n) is 5.59. The molecule has 0 aliphatic carbocycles. The van der Waals surface area contributed by atoms with Gasteiger partial charge in [0.15, 0.2) is 5.16 Å². The predicted octanol–water partition coefficient (Wildman–Crippen LogP) is 2.65. The lowest BCUT2D eigenvalue weighted by molar-refractivity contribution is 0.709. The Labute approximate surface area is 116 Å². The fraction of sp³-hybridized carbons (Fsp3) is 0.333. The van der Waals surface area contributed by atoms with Gasteiger partial charge in [-0.05, 0) is 24.6 Å². The van der Waals surface area contributed by atoms with Crippen LogP contribution in [0.5, 0.6) is 0 Å². The molecule has 2 N–H and O–H groups in total. The van der Waals surface area contributed by atoms with Gasteiger partial charge < -0.3 is 10.3 Å². The molecule has 1 heterocycles. The first-order chi connectivity index (χ1) is 8.58. The van der Waals surface area contributed by atoms with Crippen molar-refractivity contribution in [2.24, 2.45) is 12.8 Å². The first-order valence-corrected chi connectivity index (χ1v) is 6.85. The predicted molar refractivity (Wildman–Crippen MR) is 74.7 cm³/mol. The number of halogens is 1. The van der Waals surface area contributed by atoms with Gasteiger partial charge in [0.1, 0.15) is 6.33 Å². The first kappa shape index (κ1) is 13.4. The molecule has 1 aromatic carbocycles. The van der Waals surface area contributed by atoms with E-state index >= 15 is 0 Å². The zero-order valence-electron chi connectivity index (χ0n) is 10.2. The summed E-state index contributed by atoms with van der Waals surface area (Å²) in [5, 5.41) is 9.66. The normalized spacial score (nSPS) is 14.4. The second kappa shape index (κ2) is 5.73. The highest BCUT2D eigenvalue weighted by Crippen LogP contribution is 2.36. The topological polar surface area (TPSA) is 56.7 Å². The summed E-state index contributed by atoms with van der Waals surface area (Å²) in [6.07, 6.45) is 1.68. The Kier molecular flexibility index (Phi) is 4.27. The fourth-order valence-electron chi connectivity index (χ4n) is 1.62. The number of aryl methyl sites for hydroxylation is 1. The molecule has 6 heteroatoms. The monoisotopic (exact) mass is 282 g/mol. The van der Waals surface area contributed by atoms with Crippen LogP contribution in [0.25, 0.3) is 0 Å². The molecule has 0 saturated carbocycles. The third-order valence-corrected chi connectivity index (χ3v) is 4.37. The smallest absolute Gasteiger partial charge is 0.191 e.